The highest BCUT2D eigenvalue weighted by Crippen LogP contribution is 2.22. The maximum Gasteiger partial charge on any atom is 0.255 e. The third-order valence-electron chi connectivity index (χ3n) is 5.29. The van der Waals surface area contributed by atoms with Gasteiger partial charge in [0.05, 0.1) is 0 Å². The van der Waals surface area contributed by atoms with E-state index in [9.17, 15) is 9.18 Å². The van der Waals surface area contributed by atoms with E-state index in [0.29, 0.717) is 28.3 Å². The number of nitrogens with zero attached hydrogens (tertiary/aromatic N) is 2. The molecule has 1 aliphatic rings. The number of fused-ring (bicyclic) bond motifs is 1. The zero-order valence-corrected chi connectivity index (χ0v) is 17.1. The monoisotopic (exact) mass is 425 g/mol. The molecule has 4 aromatic rings. The fourth-order valence-corrected chi connectivity index (χ4v) is 3.65. The van der Waals surface area contributed by atoms with Crippen molar-refractivity contribution in [2.45, 2.75) is 13.1 Å². The molecule has 0 fully saturated rings. The van der Waals surface area contributed by atoms with Gasteiger partial charge in [-0.2, -0.15) is 0 Å². The highest BCUT2D eigenvalue weighted by atomic mass is 19.1. The van der Waals surface area contributed by atoms with Gasteiger partial charge in [0, 0.05) is 48.0 Å². The van der Waals surface area contributed by atoms with Crippen LogP contribution in [0.5, 0.6) is 0 Å². The van der Waals surface area contributed by atoms with Crippen molar-refractivity contribution in [3.63, 3.8) is 0 Å². The Morgan fingerprint density at radius 2 is 1.66 bits per heavy atom. The molecule has 3 N–H and O–H groups in total. The summed E-state index contributed by atoms with van der Waals surface area (Å²) in [6, 6.07) is 19.4. The van der Waals surface area contributed by atoms with Crippen LogP contribution in [-0.4, -0.2) is 15.9 Å². The highest BCUT2D eigenvalue weighted by Gasteiger charge is 2.12. The Hall–Kier alpha value is -4.10. The third-order valence-corrected chi connectivity index (χ3v) is 5.29. The summed E-state index contributed by atoms with van der Waals surface area (Å²) in [5.74, 6) is -0.118. The highest BCUT2D eigenvalue weighted by molar-refractivity contribution is 6.04. The number of benzene rings is 3. The quantitative estimate of drug-likeness (QED) is 0.425. The molecule has 0 aliphatic carbocycles. The van der Waals surface area contributed by atoms with E-state index in [-0.39, 0.29) is 11.7 Å². The molecule has 1 aliphatic heterocycles. The lowest BCUT2D eigenvalue weighted by atomic mass is 10.1. The molecule has 0 unspecified atom stereocenters. The van der Waals surface area contributed by atoms with E-state index in [2.05, 4.69) is 25.9 Å². The third kappa shape index (κ3) is 4.33. The molecule has 32 heavy (non-hydrogen) atoms. The van der Waals surface area contributed by atoms with E-state index in [1.807, 2.05) is 24.3 Å². The van der Waals surface area contributed by atoms with Crippen LogP contribution in [-0.2, 0) is 13.1 Å². The van der Waals surface area contributed by atoms with Crippen molar-refractivity contribution in [2.75, 3.05) is 10.6 Å². The molecule has 0 saturated carbocycles. The van der Waals surface area contributed by atoms with E-state index < -0.39 is 0 Å². The summed E-state index contributed by atoms with van der Waals surface area (Å²) in [6.45, 7) is 1.68. The second-order valence-corrected chi connectivity index (χ2v) is 7.55. The van der Waals surface area contributed by atoms with Crippen LogP contribution >= 0.6 is 0 Å². The molecule has 0 bridgehead atoms. The van der Waals surface area contributed by atoms with E-state index in [1.165, 1.54) is 23.3 Å². The molecule has 0 spiro atoms. The van der Waals surface area contributed by atoms with Crippen molar-refractivity contribution in [3.8, 4) is 11.1 Å². The van der Waals surface area contributed by atoms with Crippen LogP contribution in [0.4, 0.5) is 21.7 Å². The van der Waals surface area contributed by atoms with Crippen molar-refractivity contribution in [2.24, 2.45) is 0 Å². The molecule has 5 rings (SSSR count). The predicted molar refractivity (Wildman–Crippen MR) is 122 cm³/mol. The number of aromatic nitrogens is 2. The maximum absolute atomic E-state index is 13.4. The number of hydrogen-bond donors (Lipinski definition) is 3. The molecular formula is C25H20FN5O. The van der Waals surface area contributed by atoms with Crippen LogP contribution in [0, 0.1) is 5.82 Å². The first-order valence-corrected chi connectivity index (χ1v) is 10.2. The van der Waals surface area contributed by atoms with Gasteiger partial charge in [-0.25, -0.2) is 14.4 Å². The van der Waals surface area contributed by atoms with Crippen LogP contribution in [0.15, 0.2) is 79.1 Å². The number of anilines is 3. The van der Waals surface area contributed by atoms with E-state index >= 15 is 0 Å². The molecule has 7 heteroatoms. The maximum atomic E-state index is 13.4. The lowest BCUT2D eigenvalue weighted by Crippen LogP contribution is -2.12. The van der Waals surface area contributed by atoms with Gasteiger partial charge in [0.2, 0.25) is 5.95 Å². The largest absolute Gasteiger partial charge is 0.324 e. The fourth-order valence-electron chi connectivity index (χ4n) is 3.65. The van der Waals surface area contributed by atoms with Gasteiger partial charge < -0.3 is 16.0 Å². The number of rotatable bonds is 5. The standard InChI is InChI=1S/C25H20FN5O/c26-21-5-1-3-16(9-21)20-14-28-25(29-15-20)31-22-6-2-4-17(10-22)24(32)30-23-8-7-18-12-27-13-19(18)11-23/h1-11,14-15,27H,12-13H2,(H,30,32)(H,28,29,31). The summed E-state index contributed by atoms with van der Waals surface area (Å²) in [5, 5.41) is 9.35. The Balaban J connectivity index is 1.28. The number of halogens is 1. The van der Waals surface area contributed by atoms with Gasteiger partial charge in [0.1, 0.15) is 5.82 Å². The number of hydrogen-bond acceptors (Lipinski definition) is 5. The Morgan fingerprint density at radius 3 is 2.50 bits per heavy atom. The first-order valence-electron chi connectivity index (χ1n) is 10.2. The topological polar surface area (TPSA) is 78.9 Å². The number of carbonyl (C=O) groups excluding carboxylic acids is 1. The smallest absolute Gasteiger partial charge is 0.255 e. The van der Waals surface area contributed by atoms with Crippen LogP contribution in [0.25, 0.3) is 11.1 Å². The number of amides is 1. The van der Waals surface area contributed by atoms with Crippen molar-refractivity contribution in [1.82, 2.24) is 15.3 Å². The van der Waals surface area contributed by atoms with Gasteiger partial charge in [-0.3, -0.25) is 4.79 Å². The first kappa shape index (κ1) is 19.8. The minimum Gasteiger partial charge on any atom is -0.324 e. The molecule has 3 aromatic carbocycles. The van der Waals surface area contributed by atoms with Gasteiger partial charge in [-0.05, 0) is 59.2 Å². The molecule has 0 radical (unpaired) electrons. The van der Waals surface area contributed by atoms with Crippen molar-refractivity contribution in [3.05, 3.63) is 102 Å². The average molecular weight is 425 g/mol. The lowest BCUT2D eigenvalue weighted by molar-refractivity contribution is 0.102. The normalized spacial score (nSPS) is 12.3. The summed E-state index contributed by atoms with van der Waals surface area (Å²) in [5.41, 5.74) is 5.87. The molecule has 1 aromatic heterocycles. The van der Waals surface area contributed by atoms with Crippen molar-refractivity contribution >= 4 is 23.2 Å². The Kier molecular flexibility index (Phi) is 5.31. The molecule has 1 amide bonds. The van der Waals surface area contributed by atoms with Gasteiger partial charge in [0.25, 0.3) is 5.91 Å². The summed E-state index contributed by atoms with van der Waals surface area (Å²) in [7, 11) is 0. The minimum atomic E-state index is -0.309. The molecule has 0 saturated heterocycles. The summed E-state index contributed by atoms with van der Waals surface area (Å²) < 4.78 is 13.4. The number of carbonyl (C=O) groups is 1. The molecule has 158 valence electrons. The van der Waals surface area contributed by atoms with E-state index in [4.69, 9.17) is 0 Å². The Bertz CT molecular complexity index is 1290. The van der Waals surface area contributed by atoms with Gasteiger partial charge >= 0.3 is 0 Å². The van der Waals surface area contributed by atoms with Gasteiger partial charge in [-0.1, -0.05) is 24.3 Å². The Labute approximate surface area is 184 Å². The summed E-state index contributed by atoms with van der Waals surface area (Å²) in [6.07, 6.45) is 3.26. The lowest BCUT2D eigenvalue weighted by Gasteiger charge is -2.10. The van der Waals surface area contributed by atoms with Crippen LogP contribution in [0.3, 0.4) is 0 Å². The fraction of sp³-hybridized carbons (Fsp3) is 0.0800. The van der Waals surface area contributed by atoms with Gasteiger partial charge in [-0.15, -0.1) is 0 Å². The molecule has 0 atom stereocenters. The van der Waals surface area contributed by atoms with Crippen LogP contribution in [0.2, 0.25) is 0 Å². The SMILES string of the molecule is O=C(Nc1ccc2c(c1)CNC2)c1cccc(Nc2ncc(-c3cccc(F)c3)cn2)c1. The van der Waals surface area contributed by atoms with Crippen molar-refractivity contribution in [1.29, 1.82) is 0 Å². The average Bonchev–Trinajstić information content (AvgIpc) is 3.28. The van der Waals surface area contributed by atoms with Gasteiger partial charge in [0.15, 0.2) is 0 Å². The molecular weight excluding hydrogens is 405 g/mol. The number of nitrogens with one attached hydrogen (secondary N) is 3. The second-order valence-electron chi connectivity index (χ2n) is 7.55. The van der Waals surface area contributed by atoms with E-state index in [0.717, 1.165) is 18.8 Å². The van der Waals surface area contributed by atoms with Crippen molar-refractivity contribution < 1.29 is 9.18 Å². The second kappa shape index (κ2) is 8.56. The predicted octanol–water partition coefficient (Wildman–Crippen LogP) is 4.88. The zero-order valence-electron chi connectivity index (χ0n) is 17.1. The van der Waals surface area contributed by atoms with Crippen LogP contribution < -0.4 is 16.0 Å². The summed E-state index contributed by atoms with van der Waals surface area (Å²) >= 11 is 0. The van der Waals surface area contributed by atoms with Crippen LogP contribution in [0.1, 0.15) is 21.5 Å². The summed E-state index contributed by atoms with van der Waals surface area (Å²) in [4.78, 5) is 21.3. The molecule has 6 nitrogen and oxygen atoms in total. The molecule has 2 heterocycles. The Morgan fingerprint density at radius 1 is 0.844 bits per heavy atom. The zero-order chi connectivity index (χ0) is 21.9. The van der Waals surface area contributed by atoms with E-state index in [1.54, 1.807) is 42.7 Å². The minimum absolute atomic E-state index is 0.193. The first-order chi connectivity index (χ1) is 15.6.